The van der Waals surface area contributed by atoms with E-state index in [-0.39, 0.29) is 17.9 Å². The molecule has 0 bridgehead atoms. The van der Waals surface area contributed by atoms with Crippen molar-refractivity contribution < 1.29 is 4.79 Å². The molecule has 24 heavy (non-hydrogen) atoms. The van der Waals surface area contributed by atoms with Crippen molar-refractivity contribution in [2.24, 2.45) is 5.10 Å². The summed E-state index contributed by atoms with van der Waals surface area (Å²) >= 11 is 1.45. The van der Waals surface area contributed by atoms with E-state index in [4.69, 9.17) is 0 Å². The summed E-state index contributed by atoms with van der Waals surface area (Å²) in [6.07, 6.45) is 3.03. The topological polar surface area (TPSA) is 100 Å². The number of thiophene rings is 1. The Hall–Kier alpha value is -2.87. The molecule has 0 fully saturated rings. The highest BCUT2D eigenvalue weighted by molar-refractivity contribution is 7.18. The molecule has 0 aliphatic heterocycles. The molecule has 0 unspecified atom stereocenters. The van der Waals surface area contributed by atoms with Crippen molar-refractivity contribution in [1.82, 2.24) is 20.4 Å². The SMILES string of the molecule is Cc1sc2nc(CC(=O)N/N=C\c3ccccn3)[nH]c(=O)c2c1C. The van der Waals surface area contributed by atoms with E-state index in [1.165, 1.54) is 17.6 Å². The lowest BCUT2D eigenvalue weighted by Crippen LogP contribution is -2.23. The van der Waals surface area contributed by atoms with Gasteiger partial charge in [0.25, 0.3) is 5.56 Å². The predicted molar refractivity (Wildman–Crippen MR) is 93.4 cm³/mol. The smallest absolute Gasteiger partial charge is 0.259 e. The minimum absolute atomic E-state index is 0.0548. The number of nitrogens with one attached hydrogen (secondary N) is 2. The molecule has 7 nitrogen and oxygen atoms in total. The maximum Gasteiger partial charge on any atom is 0.259 e. The highest BCUT2D eigenvalue weighted by Crippen LogP contribution is 2.25. The van der Waals surface area contributed by atoms with E-state index < -0.39 is 0 Å². The molecule has 0 aliphatic carbocycles. The van der Waals surface area contributed by atoms with Crippen LogP contribution < -0.4 is 11.0 Å². The average molecular weight is 341 g/mol. The fourth-order valence-corrected chi connectivity index (χ4v) is 3.25. The Labute approximate surface area is 141 Å². The third-order valence-electron chi connectivity index (χ3n) is 3.49. The van der Waals surface area contributed by atoms with Crippen molar-refractivity contribution in [3.05, 3.63) is 56.7 Å². The van der Waals surface area contributed by atoms with E-state index >= 15 is 0 Å². The summed E-state index contributed by atoms with van der Waals surface area (Å²) in [6.45, 7) is 3.84. The zero-order valence-corrected chi connectivity index (χ0v) is 14.0. The first-order chi connectivity index (χ1) is 11.5. The first-order valence-corrected chi connectivity index (χ1v) is 8.08. The van der Waals surface area contributed by atoms with Gasteiger partial charge in [-0.1, -0.05) is 6.07 Å². The lowest BCUT2D eigenvalue weighted by molar-refractivity contribution is -0.120. The van der Waals surface area contributed by atoms with Gasteiger partial charge in [0.15, 0.2) is 0 Å². The summed E-state index contributed by atoms with van der Waals surface area (Å²) in [5.74, 6) is -0.0473. The summed E-state index contributed by atoms with van der Waals surface area (Å²) in [4.78, 5) is 36.8. The summed E-state index contributed by atoms with van der Waals surface area (Å²) in [5, 5.41) is 4.43. The minimum Gasteiger partial charge on any atom is -0.309 e. The summed E-state index contributed by atoms with van der Waals surface area (Å²) in [7, 11) is 0. The molecule has 0 radical (unpaired) electrons. The fraction of sp³-hybridized carbons (Fsp3) is 0.188. The monoisotopic (exact) mass is 341 g/mol. The van der Waals surface area contributed by atoms with E-state index in [1.54, 1.807) is 18.3 Å². The Balaban J connectivity index is 1.72. The van der Waals surface area contributed by atoms with Crippen LogP contribution in [-0.4, -0.2) is 27.1 Å². The number of carbonyl (C=O) groups excluding carboxylic acids is 1. The fourth-order valence-electron chi connectivity index (χ4n) is 2.20. The van der Waals surface area contributed by atoms with Gasteiger partial charge < -0.3 is 4.98 Å². The Bertz CT molecular complexity index is 975. The molecule has 0 atom stereocenters. The van der Waals surface area contributed by atoms with Crippen LogP contribution in [0.5, 0.6) is 0 Å². The summed E-state index contributed by atoms with van der Waals surface area (Å²) in [6, 6.07) is 5.39. The van der Waals surface area contributed by atoms with E-state index in [1.807, 2.05) is 19.9 Å². The maximum absolute atomic E-state index is 12.2. The van der Waals surface area contributed by atoms with Crippen LogP contribution in [0.2, 0.25) is 0 Å². The van der Waals surface area contributed by atoms with E-state index in [0.29, 0.717) is 21.7 Å². The third-order valence-corrected chi connectivity index (χ3v) is 4.59. The maximum atomic E-state index is 12.2. The molecule has 1 amide bonds. The second kappa shape index (κ2) is 6.71. The highest BCUT2D eigenvalue weighted by Gasteiger charge is 2.13. The van der Waals surface area contributed by atoms with E-state index in [0.717, 1.165) is 10.4 Å². The number of nitrogens with zero attached hydrogens (tertiary/aromatic N) is 3. The van der Waals surface area contributed by atoms with Gasteiger partial charge >= 0.3 is 0 Å². The average Bonchev–Trinajstić information content (AvgIpc) is 2.83. The number of hydrogen-bond donors (Lipinski definition) is 2. The number of carbonyl (C=O) groups is 1. The number of pyridine rings is 1. The van der Waals surface area contributed by atoms with Crippen molar-refractivity contribution >= 4 is 33.7 Å². The first kappa shape index (κ1) is 16.0. The van der Waals surface area contributed by atoms with Crippen molar-refractivity contribution in [3.63, 3.8) is 0 Å². The van der Waals surface area contributed by atoms with Crippen LogP contribution in [0.1, 0.15) is 22.0 Å². The van der Waals surface area contributed by atoms with Gasteiger partial charge in [-0.2, -0.15) is 5.10 Å². The minimum atomic E-state index is -0.366. The largest absolute Gasteiger partial charge is 0.309 e. The lowest BCUT2D eigenvalue weighted by Gasteiger charge is -2.00. The molecule has 3 rings (SSSR count). The molecule has 3 aromatic rings. The van der Waals surface area contributed by atoms with Crippen LogP contribution in [0.25, 0.3) is 10.2 Å². The number of aromatic nitrogens is 3. The summed E-state index contributed by atoms with van der Waals surface area (Å²) < 4.78 is 0. The van der Waals surface area contributed by atoms with E-state index in [2.05, 4.69) is 25.5 Å². The van der Waals surface area contributed by atoms with Gasteiger partial charge in [0.2, 0.25) is 5.91 Å². The Morgan fingerprint density at radius 2 is 2.25 bits per heavy atom. The van der Waals surface area contributed by atoms with Gasteiger partial charge in [-0.3, -0.25) is 14.6 Å². The Morgan fingerprint density at radius 3 is 3.00 bits per heavy atom. The molecule has 2 N–H and O–H groups in total. The standard InChI is InChI=1S/C16H15N5O2S/c1-9-10(2)24-16-14(9)15(23)19-12(20-16)7-13(22)21-18-8-11-5-3-4-6-17-11/h3-6,8H,7H2,1-2H3,(H,21,22)(H,19,20,23)/b18-8-. The van der Waals surface area contributed by atoms with Gasteiger partial charge in [-0.05, 0) is 31.5 Å². The van der Waals surface area contributed by atoms with Gasteiger partial charge in [0, 0.05) is 11.1 Å². The van der Waals surface area contributed by atoms with Gasteiger partial charge in [-0.25, -0.2) is 10.4 Å². The lowest BCUT2D eigenvalue weighted by atomic mass is 10.2. The third kappa shape index (κ3) is 3.38. The number of fused-ring (bicyclic) bond motifs is 1. The number of hydrazone groups is 1. The molecule has 0 aliphatic rings. The Morgan fingerprint density at radius 1 is 1.42 bits per heavy atom. The number of rotatable bonds is 4. The van der Waals surface area contributed by atoms with Crippen LogP contribution >= 0.6 is 11.3 Å². The second-order valence-corrected chi connectivity index (χ2v) is 6.40. The zero-order valence-electron chi connectivity index (χ0n) is 13.2. The van der Waals surface area contributed by atoms with Gasteiger partial charge in [0.05, 0.1) is 23.7 Å². The van der Waals surface area contributed by atoms with Crippen LogP contribution in [0, 0.1) is 13.8 Å². The second-order valence-electron chi connectivity index (χ2n) is 5.20. The van der Waals surface area contributed by atoms with E-state index in [9.17, 15) is 9.59 Å². The van der Waals surface area contributed by atoms with Crippen molar-refractivity contribution in [3.8, 4) is 0 Å². The normalized spacial score (nSPS) is 11.2. The zero-order chi connectivity index (χ0) is 17.1. The number of H-pyrrole nitrogens is 1. The van der Waals surface area contributed by atoms with Crippen LogP contribution in [0.4, 0.5) is 0 Å². The molecule has 0 aromatic carbocycles. The highest BCUT2D eigenvalue weighted by atomic mass is 32.1. The number of amides is 1. The molecule has 0 saturated heterocycles. The Kier molecular flexibility index (Phi) is 4.48. The molecular formula is C16H15N5O2S. The van der Waals surface area contributed by atoms with Crippen molar-refractivity contribution in [2.75, 3.05) is 0 Å². The molecule has 0 saturated carbocycles. The molecule has 3 heterocycles. The molecule has 8 heteroatoms. The van der Waals surface area contributed by atoms with Crippen LogP contribution in [-0.2, 0) is 11.2 Å². The molecule has 0 spiro atoms. The number of hydrogen-bond acceptors (Lipinski definition) is 6. The summed E-state index contributed by atoms with van der Waals surface area (Å²) in [5.41, 5.74) is 3.74. The predicted octanol–water partition coefficient (Wildman–Crippen LogP) is 1.69. The quantitative estimate of drug-likeness (QED) is 0.557. The first-order valence-electron chi connectivity index (χ1n) is 7.26. The molecule has 3 aromatic heterocycles. The van der Waals surface area contributed by atoms with Gasteiger partial charge in [0.1, 0.15) is 10.7 Å². The number of aryl methyl sites for hydroxylation is 2. The van der Waals surface area contributed by atoms with Crippen molar-refractivity contribution in [1.29, 1.82) is 0 Å². The molecular weight excluding hydrogens is 326 g/mol. The number of aromatic amines is 1. The van der Waals surface area contributed by atoms with Crippen LogP contribution in [0.3, 0.4) is 0 Å². The van der Waals surface area contributed by atoms with Gasteiger partial charge in [-0.15, -0.1) is 11.3 Å². The molecule has 122 valence electrons. The van der Waals surface area contributed by atoms with Crippen molar-refractivity contribution in [2.45, 2.75) is 20.3 Å². The van der Waals surface area contributed by atoms with Crippen LogP contribution in [0.15, 0.2) is 34.3 Å².